The Morgan fingerprint density at radius 1 is 1.61 bits per heavy atom. The van der Waals surface area contributed by atoms with Gasteiger partial charge in [-0.3, -0.25) is 4.79 Å². The lowest BCUT2D eigenvalue weighted by atomic mass is 10.0. The van der Waals surface area contributed by atoms with Crippen molar-refractivity contribution in [2.24, 2.45) is 0 Å². The van der Waals surface area contributed by atoms with Gasteiger partial charge in [-0.25, -0.2) is 4.98 Å². The van der Waals surface area contributed by atoms with Crippen molar-refractivity contribution in [3.63, 3.8) is 0 Å². The molecular formula is C12H16ClN3O2. The largest absolute Gasteiger partial charge is 0.384 e. The summed E-state index contributed by atoms with van der Waals surface area (Å²) in [6.45, 7) is 2.65. The Labute approximate surface area is 111 Å². The van der Waals surface area contributed by atoms with Gasteiger partial charge in [-0.1, -0.05) is 11.6 Å². The number of amides is 1. The first-order valence-electron chi connectivity index (χ1n) is 5.90. The first-order valence-corrected chi connectivity index (χ1v) is 6.28. The average Bonchev–Trinajstić information content (AvgIpc) is 2.32. The summed E-state index contributed by atoms with van der Waals surface area (Å²) in [5.41, 5.74) is 5.73. The van der Waals surface area contributed by atoms with E-state index >= 15 is 0 Å². The van der Waals surface area contributed by atoms with Gasteiger partial charge < -0.3 is 15.8 Å². The molecule has 2 unspecified atom stereocenters. The fraction of sp³-hybridized carbons (Fsp3) is 0.500. The zero-order chi connectivity index (χ0) is 13.1. The number of nitrogens with two attached hydrogens (primary N) is 1. The van der Waals surface area contributed by atoms with Gasteiger partial charge in [0.1, 0.15) is 11.5 Å². The van der Waals surface area contributed by atoms with Crippen molar-refractivity contribution in [3.05, 3.63) is 22.8 Å². The Morgan fingerprint density at radius 2 is 2.39 bits per heavy atom. The molecule has 0 saturated carbocycles. The van der Waals surface area contributed by atoms with E-state index in [0.29, 0.717) is 11.6 Å². The summed E-state index contributed by atoms with van der Waals surface area (Å²) in [4.78, 5) is 16.0. The summed E-state index contributed by atoms with van der Waals surface area (Å²) in [5.74, 6) is -0.00343. The summed E-state index contributed by atoms with van der Waals surface area (Å²) in [6.07, 6.45) is 1.76. The van der Waals surface area contributed by atoms with Gasteiger partial charge in [0.05, 0.1) is 11.1 Å². The van der Waals surface area contributed by atoms with Crippen molar-refractivity contribution in [2.45, 2.75) is 31.9 Å². The Kier molecular flexibility index (Phi) is 4.04. The van der Waals surface area contributed by atoms with E-state index in [9.17, 15) is 4.79 Å². The molecule has 0 radical (unpaired) electrons. The quantitative estimate of drug-likeness (QED) is 0.855. The molecule has 0 aliphatic carbocycles. The molecule has 2 atom stereocenters. The molecule has 1 aromatic heterocycles. The van der Waals surface area contributed by atoms with E-state index in [1.54, 1.807) is 12.1 Å². The predicted octanol–water partition coefficient (Wildman–Crippen LogP) is 1.61. The number of nitrogen functional groups attached to an aromatic ring is 1. The summed E-state index contributed by atoms with van der Waals surface area (Å²) in [7, 11) is 0. The number of hydrogen-bond donors (Lipinski definition) is 2. The SMILES string of the molecule is CC1CC(NC(=O)c2nc(N)ccc2Cl)CCO1. The molecule has 1 aliphatic heterocycles. The van der Waals surface area contributed by atoms with Crippen LogP contribution in [0.4, 0.5) is 5.82 Å². The number of hydrogen-bond acceptors (Lipinski definition) is 4. The molecule has 1 fully saturated rings. The Morgan fingerprint density at radius 3 is 3.11 bits per heavy atom. The molecule has 3 N–H and O–H groups in total. The van der Waals surface area contributed by atoms with Gasteiger partial charge in [0.25, 0.3) is 5.91 Å². The number of ether oxygens (including phenoxy) is 1. The topological polar surface area (TPSA) is 77.2 Å². The van der Waals surface area contributed by atoms with E-state index in [1.807, 2.05) is 6.92 Å². The second-order valence-electron chi connectivity index (χ2n) is 4.44. The summed E-state index contributed by atoms with van der Waals surface area (Å²) in [5, 5.41) is 3.22. The molecule has 1 saturated heterocycles. The maximum atomic E-state index is 12.0. The maximum Gasteiger partial charge on any atom is 0.271 e. The van der Waals surface area contributed by atoms with E-state index < -0.39 is 0 Å². The van der Waals surface area contributed by atoms with Gasteiger partial charge in [-0.05, 0) is 31.9 Å². The molecule has 98 valence electrons. The van der Waals surface area contributed by atoms with Gasteiger partial charge >= 0.3 is 0 Å². The van der Waals surface area contributed by atoms with Crippen molar-refractivity contribution in [1.29, 1.82) is 0 Å². The number of aromatic nitrogens is 1. The van der Waals surface area contributed by atoms with Gasteiger partial charge in [-0.2, -0.15) is 0 Å². The number of carbonyl (C=O) groups excluding carboxylic acids is 1. The van der Waals surface area contributed by atoms with E-state index in [1.165, 1.54) is 0 Å². The van der Waals surface area contributed by atoms with E-state index in [4.69, 9.17) is 22.1 Å². The van der Waals surface area contributed by atoms with Crippen LogP contribution < -0.4 is 11.1 Å². The fourth-order valence-corrected chi connectivity index (χ4v) is 2.19. The zero-order valence-electron chi connectivity index (χ0n) is 10.1. The van der Waals surface area contributed by atoms with Crippen LogP contribution in [0.5, 0.6) is 0 Å². The molecule has 18 heavy (non-hydrogen) atoms. The van der Waals surface area contributed by atoms with Crippen molar-refractivity contribution >= 4 is 23.3 Å². The predicted molar refractivity (Wildman–Crippen MR) is 69.6 cm³/mol. The lowest BCUT2D eigenvalue weighted by molar-refractivity contribution is 0.0136. The van der Waals surface area contributed by atoms with Gasteiger partial charge in [0, 0.05) is 12.6 Å². The molecule has 0 aromatic carbocycles. The molecule has 0 spiro atoms. The van der Waals surface area contributed by atoms with Crippen molar-refractivity contribution < 1.29 is 9.53 Å². The van der Waals surface area contributed by atoms with Crippen LogP contribution in [0.15, 0.2) is 12.1 Å². The maximum absolute atomic E-state index is 12.0. The zero-order valence-corrected chi connectivity index (χ0v) is 10.9. The van der Waals surface area contributed by atoms with Gasteiger partial charge in [0.15, 0.2) is 0 Å². The summed E-state index contributed by atoms with van der Waals surface area (Å²) < 4.78 is 5.43. The fourth-order valence-electron chi connectivity index (χ4n) is 2.00. The Hall–Kier alpha value is -1.33. The molecule has 2 rings (SSSR count). The van der Waals surface area contributed by atoms with Crippen LogP contribution in [0.1, 0.15) is 30.3 Å². The van der Waals surface area contributed by atoms with E-state index in [-0.39, 0.29) is 29.6 Å². The molecule has 1 aliphatic rings. The lowest BCUT2D eigenvalue weighted by Crippen LogP contribution is -2.41. The highest BCUT2D eigenvalue weighted by Crippen LogP contribution is 2.17. The second-order valence-corrected chi connectivity index (χ2v) is 4.85. The first-order chi connectivity index (χ1) is 8.56. The minimum absolute atomic E-state index is 0.0977. The molecule has 2 heterocycles. The minimum Gasteiger partial charge on any atom is -0.384 e. The standard InChI is InChI=1S/C12H16ClN3O2/c1-7-6-8(4-5-18-7)15-12(17)11-9(13)2-3-10(14)16-11/h2-3,7-8H,4-6H2,1H3,(H2,14,16)(H,15,17). The summed E-state index contributed by atoms with van der Waals surface area (Å²) >= 11 is 5.93. The first kappa shape index (κ1) is 13.1. The van der Waals surface area contributed by atoms with Crippen LogP contribution >= 0.6 is 11.6 Å². The van der Waals surface area contributed by atoms with E-state index in [0.717, 1.165) is 12.8 Å². The Bertz CT molecular complexity index is 453. The van der Waals surface area contributed by atoms with Crippen LogP contribution in [0, 0.1) is 0 Å². The molecule has 1 amide bonds. The normalized spacial score (nSPS) is 23.7. The molecule has 5 nitrogen and oxygen atoms in total. The number of nitrogens with zero attached hydrogens (tertiary/aromatic N) is 1. The van der Waals surface area contributed by atoms with Crippen LogP contribution in [0.25, 0.3) is 0 Å². The van der Waals surface area contributed by atoms with Crippen LogP contribution in [-0.4, -0.2) is 29.6 Å². The number of pyridine rings is 1. The number of rotatable bonds is 2. The third kappa shape index (κ3) is 3.11. The number of halogens is 1. The smallest absolute Gasteiger partial charge is 0.271 e. The molecular weight excluding hydrogens is 254 g/mol. The van der Waals surface area contributed by atoms with Crippen molar-refractivity contribution in [1.82, 2.24) is 10.3 Å². The molecule has 0 bridgehead atoms. The highest BCUT2D eigenvalue weighted by atomic mass is 35.5. The van der Waals surface area contributed by atoms with Crippen LogP contribution in [0.3, 0.4) is 0 Å². The monoisotopic (exact) mass is 269 g/mol. The Balaban J connectivity index is 2.05. The molecule has 1 aromatic rings. The van der Waals surface area contributed by atoms with Crippen LogP contribution in [-0.2, 0) is 4.74 Å². The van der Waals surface area contributed by atoms with Gasteiger partial charge in [0.2, 0.25) is 0 Å². The minimum atomic E-state index is -0.286. The highest BCUT2D eigenvalue weighted by molar-refractivity contribution is 6.33. The highest BCUT2D eigenvalue weighted by Gasteiger charge is 2.22. The van der Waals surface area contributed by atoms with E-state index in [2.05, 4.69) is 10.3 Å². The second kappa shape index (κ2) is 5.54. The third-order valence-electron chi connectivity index (χ3n) is 2.90. The average molecular weight is 270 g/mol. The summed E-state index contributed by atoms with van der Waals surface area (Å²) in [6, 6.07) is 3.24. The third-order valence-corrected chi connectivity index (χ3v) is 3.21. The van der Waals surface area contributed by atoms with Crippen molar-refractivity contribution in [2.75, 3.05) is 12.3 Å². The van der Waals surface area contributed by atoms with Gasteiger partial charge in [-0.15, -0.1) is 0 Å². The lowest BCUT2D eigenvalue weighted by Gasteiger charge is -2.27. The van der Waals surface area contributed by atoms with Crippen molar-refractivity contribution in [3.8, 4) is 0 Å². The number of carbonyl (C=O) groups is 1. The molecule has 6 heteroatoms. The van der Waals surface area contributed by atoms with Crippen LogP contribution in [0.2, 0.25) is 5.02 Å². The number of nitrogens with one attached hydrogen (secondary N) is 1. The number of anilines is 1.